The molecule has 226 valence electrons. The molecule has 0 fully saturated rings. The maximum Gasteiger partial charge on any atom is 0.136 e. The van der Waals surface area contributed by atoms with Gasteiger partial charge in [-0.1, -0.05) is 134 Å². The maximum atomic E-state index is 6.38. The summed E-state index contributed by atoms with van der Waals surface area (Å²) in [6, 6.07) is 53.0. The van der Waals surface area contributed by atoms with Crippen molar-refractivity contribution in [1.82, 2.24) is 0 Å². The van der Waals surface area contributed by atoms with Crippen LogP contribution in [0, 0.1) is 0 Å². The lowest BCUT2D eigenvalue weighted by Crippen LogP contribution is -1.91. The highest BCUT2D eigenvalue weighted by molar-refractivity contribution is 6.22. The Labute approximate surface area is 279 Å². The minimum absolute atomic E-state index is 0.886. The zero-order chi connectivity index (χ0) is 32.2. The zero-order valence-corrected chi connectivity index (χ0v) is 26.7. The van der Waals surface area contributed by atoms with Gasteiger partial charge in [-0.15, -0.1) is 0 Å². The van der Waals surface area contributed by atoms with E-state index in [0.29, 0.717) is 0 Å². The molecule has 1 nitrogen and oxygen atoms in total. The second-order valence-electron chi connectivity index (χ2n) is 12.5. The molecule has 0 amide bonds. The molecule has 0 radical (unpaired) electrons. The van der Waals surface area contributed by atoms with Crippen molar-refractivity contribution in [3.63, 3.8) is 0 Å². The molecular formula is C47H32O. The molecule has 1 aromatic heterocycles. The molecule has 0 saturated carbocycles. The fraction of sp³-hybridized carbons (Fsp3) is 0.0213. The van der Waals surface area contributed by atoms with E-state index in [1.54, 1.807) is 0 Å². The average molecular weight is 613 g/mol. The topological polar surface area (TPSA) is 13.1 Å². The lowest BCUT2D eigenvalue weighted by Gasteiger charge is -2.18. The number of rotatable bonds is 5. The van der Waals surface area contributed by atoms with E-state index in [1.807, 2.05) is 13.0 Å². The third-order valence-electron chi connectivity index (χ3n) is 9.70. The summed E-state index contributed by atoms with van der Waals surface area (Å²) in [6.45, 7) is 6.11. The van der Waals surface area contributed by atoms with E-state index < -0.39 is 0 Å². The zero-order valence-electron chi connectivity index (χ0n) is 26.7. The maximum absolute atomic E-state index is 6.38. The van der Waals surface area contributed by atoms with Crippen LogP contribution in [0.2, 0.25) is 0 Å². The van der Waals surface area contributed by atoms with Crippen LogP contribution in [-0.2, 0) is 0 Å². The Bertz CT molecular complexity index is 2700. The van der Waals surface area contributed by atoms with Crippen molar-refractivity contribution in [3.8, 4) is 33.4 Å². The molecule has 0 spiro atoms. The molecular weight excluding hydrogens is 581 g/mol. The summed E-state index contributed by atoms with van der Waals surface area (Å²) in [5, 5.41) is 9.66. The highest BCUT2D eigenvalue weighted by Gasteiger charge is 2.18. The van der Waals surface area contributed by atoms with Crippen LogP contribution < -0.4 is 0 Å². The number of fused-ring (bicyclic) bond motifs is 6. The van der Waals surface area contributed by atoms with E-state index in [2.05, 4.69) is 164 Å². The van der Waals surface area contributed by atoms with Crippen molar-refractivity contribution in [2.45, 2.75) is 6.92 Å². The molecule has 0 N–H and O–H groups in total. The summed E-state index contributed by atoms with van der Waals surface area (Å²) < 4.78 is 6.38. The van der Waals surface area contributed by atoms with Crippen LogP contribution in [-0.4, -0.2) is 0 Å². The summed E-state index contributed by atoms with van der Waals surface area (Å²) in [4.78, 5) is 0. The summed E-state index contributed by atoms with van der Waals surface area (Å²) in [7, 11) is 0. The highest BCUT2D eigenvalue weighted by Crippen LogP contribution is 2.45. The van der Waals surface area contributed by atoms with Gasteiger partial charge < -0.3 is 4.42 Å². The Balaban J connectivity index is 1.27. The molecule has 9 rings (SSSR count). The van der Waals surface area contributed by atoms with Gasteiger partial charge in [0.25, 0.3) is 0 Å². The number of furan rings is 1. The van der Waals surface area contributed by atoms with Gasteiger partial charge in [0.2, 0.25) is 0 Å². The minimum Gasteiger partial charge on any atom is -0.456 e. The molecule has 9 aromatic rings. The first kappa shape index (κ1) is 28.1. The molecule has 0 aliphatic heterocycles. The molecule has 0 aliphatic carbocycles. The first-order valence-electron chi connectivity index (χ1n) is 16.5. The number of hydrogen-bond acceptors (Lipinski definition) is 1. The molecule has 0 aliphatic rings. The Kier molecular flexibility index (Phi) is 6.59. The van der Waals surface area contributed by atoms with Crippen molar-refractivity contribution >= 4 is 66.4 Å². The summed E-state index contributed by atoms with van der Waals surface area (Å²) in [5.41, 5.74) is 11.3. The number of allylic oxidation sites excluding steroid dienone is 1. The molecule has 8 aromatic carbocycles. The molecule has 0 saturated heterocycles. The Hall–Kier alpha value is -6.18. The second-order valence-corrected chi connectivity index (χ2v) is 12.5. The van der Waals surface area contributed by atoms with Gasteiger partial charge in [-0.2, -0.15) is 0 Å². The van der Waals surface area contributed by atoms with Crippen LogP contribution in [0.15, 0.2) is 163 Å². The minimum atomic E-state index is 0.886. The average Bonchev–Trinajstić information content (AvgIpc) is 3.50. The highest BCUT2D eigenvalue weighted by atomic mass is 16.3. The van der Waals surface area contributed by atoms with Gasteiger partial charge in [-0.3, -0.25) is 0 Å². The fourth-order valence-corrected chi connectivity index (χ4v) is 7.48. The first-order chi connectivity index (χ1) is 23.7. The molecule has 1 heteroatoms. The van der Waals surface area contributed by atoms with Gasteiger partial charge in [0.15, 0.2) is 0 Å². The lowest BCUT2D eigenvalue weighted by molar-refractivity contribution is 0.669. The predicted octanol–water partition coefficient (Wildman–Crippen LogP) is 13.7. The SMILES string of the molecule is C=Cc1cc2c(cc1/C=C\C)oc1ccc(-c3c4ccccc4c(-c4cccc(-c5ccc6ccccc6c5)c4)c4ccccc34)cc12. The number of benzene rings is 8. The molecule has 0 bridgehead atoms. The smallest absolute Gasteiger partial charge is 0.136 e. The first-order valence-corrected chi connectivity index (χ1v) is 16.5. The Morgan fingerprint density at radius 2 is 1.02 bits per heavy atom. The van der Waals surface area contributed by atoms with E-state index in [-0.39, 0.29) is 0 Å². The summed E-state index contributed by atoms with van der Waals surface area (Å²) in [6.07, 6.45) is 6.08. The van der Waals surface area contributed by atoms with E-state index in [1.165, 1.54) is 65.7 Å². The van der Waals surface area contributed by atoms with E-state index in [4.69, 9.17) is 4.42 Å². The normalized spacial score (nSPS) is 11.9. The van der Waals surface area contributed by atoms with Crippen molar-refractivity contribution in [3.05, 3.63) is 169 Å². The van der Waals surface area contributed by atoms with Crippen LogP contribution in [0.25, 0.3) is 99.8 Å². The van der Waals surface area contributed by atoms with Crippen molar-refractivity contribution < 1.29 is 4.42 Å². The molecule has 48 heavy (non-hydrogen) atoms. The van der Waals surface area contributed by atoms with E-state index in [9.17, 15) is 0 Å². The fourth-order valence-electron chi connectivity index (χ4n) is 7.48. The largest absolute Gasteiger partial charge is 0.456 e. The molecule has 0 atom stereocenters. The van der Waals surface area contributed by atoms with Gasteiger partial charge in [0.05, 0.1) is 0 Å². The van der Waals surface area contributed by atoms with Crippen LogP contribution in [0.4, 0.5) is 0 Å². The third kappa shape index (κ3) is 4.47. The van der Waals surface area contributed by atoms with Crippen molar-refractivity contribution in [1.29, 1.82) is 0 Å². The van der Waals surface area contributed by atoms with E-state index in [0.717, 1.165) is 33.1 Å². The Morgan fingerprint density at radius 1 is 0.438 bits per heavy atom. The van der Waals surface area contributed by atoms with Gasteiger partial charge >= 0.3 is 0 Å². The van der Waals surface area contributed by atoms with Crippen LogP contribution in [0.1, 0.15) is 18.1 Å². The molecule has 1 heterocycles. The second kappa shape index (κ2) is 11.3. The predicted molar refractivity (Wildman–Crippen MR) is 207 cm³/mol. The van der Waals surface area contributed by atoms with Crippen LogP contribution in [0.3, 0.4) is 0 Å². The summed E-state index contributed by atoms with van der Waals surface area (Å²) >= 11 is 0. The Morgan fingerprint density at radius 3 is 1.71 bits per heavy atom. The van der Waals surface area contributed by atoms with Gasteiger partial charge in [-0.25, -0.2) is 0 Å². The lowest BCUT2D eigenvalue weighted by atomic mass is 9.85. The van der Waals surface area contributed by atoms with Crippen molar-refractivity contribution in [2.24, 2.45) is 0 Å². The number of hydrogen-bond donors (Lipinski definition) is 0. The van der Waals surface area contributed by atoms with Gasteiger partial charge in [0, 0.05) is 10.8 Å². The van der Waals surface area contributed by atoms with E-state index >= 15 is 0 Å². The van der Waals surface area contributed by atoms with Gasteiger partial charge in [-0.05, 0) is 120 Å². The summed E-state index contributed by atoms with van der Waals surface area (Å²) in [5.74, 6) is 0. The third-order valence-corrected chi connectivity index (χ3v) is 9.70. The monoisotopic (exact) mass is 612 g/mol. The van der Waals surface area contributed by atoms with Crippen molar-refractivity contribution in [2.75, 3.05) is 0 Å². The standard InChI is InChI=1S/C47H32O/c1-3-12-32-29-45-43(27-30(32)4-2)42-28-37(23-24-44(42)48-45)47-40-19-9-7-17-38(40)46(39-18-8-10-20-41(39)47)36-16-11-15-34(26-36)35-22-21-31-13-5-6-14-33(31)25-35/h3-29H,2H2,1H3/b12-3-. The van der Waals surface area contributed by atoms with Crippen LogP contribution in [0.5, 0.6) is 0 Å². The molecule has 0 unspecified atom stereocenters. The van der Waals surface area contributed by atoms with Gasteiger partial charge in [0.1, 0.15) is 11.2 Å². The quantitative estimate of drug-likeness (QED) is 0.176. The van der Waals surface area contributed by atoms with Crippen LogP contribution >= 0.6 is 0 Å².